The van der Waals surface area contributed by atoms with Gasteiger partial charge in [-0.15, -0.1) is 24.0 Å². The molecule has 0 spiro atoms. The van der Waals surface area contributed by atoms with Crippen molar-refractivity contribution in [2.45, 2.75) is 13.3 Å². The second kappa shape index (κ2) is 12.8. The molecule has 0 unspecified atom stereocenters. The molecule has 0 atom stereocenters. The molecule has 0 saturated heterocycles. The van der Waals surface area contributed by atoms with E-state index in [1.54, 1.807) is 27.3 Å². The van der Waals surface area contributed by atoms with Gasteiger partial charge in [0, 0.05) is 32.2 Å². The number of aliphatic imine (C=N–C) groups is 1. The standard InChI is InChI=1S/C18H27ClN4O2.HI/c1-13(2)11-21-18(22-12-17(24)23(3)4)20-9-8-14-6-7-15(25-5)10-16(14)19;/h6-7,10H,1,8-9,11-12H2,2-5H3,(H2,20,21,22);1H. The molecule has 146 valence electrons. The Bertz CT molecular complexity index is 636. The number of guanidine groups is 1. The first-order chi connectivity index (χ1) is 11.8. The molecule has 1 amide bonds. The number of nitrogens with zero attached hydrogens (tertiary/aromatic N) is 2. The van der Waals surface area contributed by atoms with Gasteiger partial charge in [0.05, 0.1) is 7.11 Å². The van der Waals surface area contributed by atoms with Crippen LogP contribution in [0.3, 0.4) is 0 Å². The minimum atomic E-state index is -0.0605. The zero-order valence-corrected chi connectivity index (χ0v) is 18.9. The van der Waals surface area contributed by atoms with E-state index in [2.05, 4.69) is 22.2 Å². The van der Waals surface area contributed by atoms with Crippen molar-refractivity contribution in [1.29, 1.82) is 0 Å². The van der Waals surface area contributed by atoms with Gasteiger partial charge in [-0.05, 0) is 31.0 Å². The molecule has 0 saturated carbocycles. The fraction of sp³-hybridized carbons (Fsp3) is 0.444. The van der Waals surface area contributed by atoms with E-state index in [4.69, 9.17) is 16.3 Å². The predicted octanol–water partition coefficient (Wildman–Crippen LogP) is 2.71. The summed E-state index contributed by atoms with van der Waals surface area (Å²) in [5.74, 6) is 1.24. The van der Waals surface area contributed by atoms with Crippen LogP contribution in [0.15, 0.2) is 35.3 Å². The Morgan fingerprint density at radius 3 is 2.58 bits per heavy atom. The van der Waals surface area contributed by atoms with Crippen molar-refractivity contribution in [3.63, 3.8) is 0 Å². The summed E-state index contributed by atoms with van der Waals surface area (Å²) in [4.78, 5) is 17.5. The molecule has 0 radical (unpaired) electrons. The summed E-state index contributed by atoms with van der Waals surface area (Å²) >= 11 is 6.25. The second-order valence-electron chi connectivity index (χ2n) is 5.90. The number of rotatable bonds is 8. The van der Waals surface area contributed by atoms with Crippen LogP contribution in [-0.4, -0.2) is 57.6 Å². The fourth-order valence-corrected chi connectivity index (χ4v) is 2.14. The number of methoxy groups -OCH3 is 1. The number of ether oxygens (including phenoxy) is 1. The van der Waals surface area contributed by atoms with Crippen molar-refractivity contribution < 1.29 is 9.53 Å². The highest BCUT2D eigenvalue weighted by Gasteiger charge is 2.06. The molecule has 8 heteroatoms. The van der Waals surface area contributed by atoms with E-state index in [1.807, 2.05) is 19.1 Å². The van der Waals surface area contributed by atoms with E-state index >= 15 is 0 Å². The molecule has 1 aromatic carbocycles. The van der Waals surface area contributed by atoms with Gasteiger partial charge in [0.15, 0.2) is 5.96 Å². The largest absolute Gasteiger partial charge is 0.497 e. The van der Waals surface area contributed by atoms with E-state index in [-0.39, 0.29) is 36.4 Å². The first-order valence-electron chi connectivity index (χ1n) is 8.02. The van der Waals surface area contributed by atoms with E-state index in [1.165, 1.54) is 4.90 Å². The Morgan fingerprint density at radius 1 is 1.35 bits per heavy atom. The molecule has 0 aliphatic heterocycles. The Balaban J connectivity index is 0.00000625. The van der Waals surface area contributed by atoms with Gasteiger partial charge in [-0.3, -0.25) is 4.79 Å². The number of hydrogen-bond acceptors (Lipinski definition) is 3. The maximum atomic E-state index is 11.7. The highest BCUT2D eigenvalue weighted by atomic mass is 127. The first kappa shape index (κ1) is 24.5. The van der Waals surface area contributed by atoms with Crippen LogP contribution < -0.4 is 15.4 Å². The number of carbonyl (C=O) groups excluding carboxylic acids is 1. The summed E-state index contributed by atoms with van der Waals surface area (Å²) in [7, 11) is 5.02. The Labute approximate surface area is 178 Å². The third-order valence-electron chi connectivity index (χ3n) is 3.38. The summed E-state index contributed by atoms with van der Waals surface area (Å²) in [6.07, 6.45) is 0.720. The fourth-order valence-electron chi connectivity index (χ4n) is 1.87. The lowest BCUT2D eigenvalue weighted by Crippen LogP contribution is -2.40. The highest BCUT2D eigenvalue weighted by Crippen LogP contribution is 2.22. The van der Waals surface area contributed by atoms with Gasteiger partial charge in [0.2, 0.25) is 5.91 Å². The first-order valence-corrected chi connectivity index (χ1v) is 8.40. The van der Waals surface area contributed by atoms with Crippen LogP contribution in [0, 0.1) is 0 Å². The number of halogens is 2. The smallest absolute Gasteiger partial charge is 0.243 e. The summed E-state index contributed by atoms with van der Waals surface area (Å²) < 4.78 is 5.15. The van der Waals surface area contributed by atoms with Crippen LogP contribution in [0.2, 0.25) is 5.02 Å². The number of benzene rings is 1. The van der Waals surface area contributed by atoms with Crippen LogP contribution >= 0.6 is 35.6 Å². The van der Waals surface area contributed by atoms with Gasteiger partial charge in [-0.2, -0.15) is 0 Å². The zero-order chi connectivity index (χ0) is 18.8. The van der Waals surface area contributed by atoms with Gasteiger partial charge in [0.25, 0.3) is 0 Å². The van der Waals surface area contributed by atoms with Crippen LogP contribution in [0.1, 0.15) is 12.5 Å². The number of hydrogen-bond donors (Lipinski definition) is 2. The lowest BCUT2D eigenvalue weighted by atomic mass is 10.1. The van der Waals surface area contributed by atoms with E-state index in [9.17, 15) is 4.79 Å². The normalized spacial score (nSPS) is 10.6. The van der Waals surface area contributed by atoms with Crippen molar-refractivity contribution in [3.8, 4) is 5.75 Å². The SMILES string of the molecule is C=C(C)CNC(=NCC(=O)N(C)C)NCCc1ccc(OC)cc1Cl.I. The average molecular weight is 495 g/mol. The van der Waals surface area contributed by atoms with Crippen LogP contribution in [0.4, 0.5) is 0 Å². The number of carbonyl (C=O) groups is 1. The van der Waals surface area contributed by atoms with E-state index < -0.39 is 0 Å². The minimum absolute atomic E-state index is 0. The number of nitrogens with one attached hydrogen (secondary N) is 2. The summed E-state index contributed by atoms with van der Waals surface area (Å²) in [5.41, 5.74) is 1.99. The lowest BCUT2D eigenvalue weighted by molar-refractivity contribution is -0.127. The second-order valence-corrected chi connectivity index (χ2v) is 6.30. The molecule has 1 aromatic rings. The van der Waals surface area contributed by atoms with Crippen molar-refractivity contribution in [3.05, 3.63) is 40.9 Å². The quantitative estimate of drug-likeness (QED) is 0.252. The number of amides is 1. The molecule has 0 aromatic heterocycles. The maximum Gasteiger partial charge on any atom is 0.243 e. The maximum absolute atomic E-state index is 11.7. The Hall–Kier alpha value is -1.48. The highest BCUT2D eigenvalue weighted by molar-refractivity contribution is 14.0. The number of likely N-dealkylation sites (N-methyl/N-ethyl adjacent to an activating group) is 1. The average Bonchev–Trinajstić information content (AvgIpc) is 2.57. The molecule has 1 rings (SSSR count). The summed E-state index contributed by atoms with van der Waals surface area (Å²) in [5, 5.41) is 7.02. The molecule has 26 heavy (non-hydrogen) atoms. The summed E-state index contributed by atoms with van der Waals surface area (Å²) in [6.45, 7) is 7.08. The third kappa shape index (κ3) is 9.28. The monoisotopic (exact) mass is 494 g/mol. The van der Waals surface area contributed by atoms with Gasteiger partial charge in [-0.25, -0.2) is 4.99 Å². The predicted molar refractivity (Wildman–Crippen MR) is 119 cm³/mol. The van der Waals surface area contributed by atoms with Gasteiger partial charge >= 0.3 is 0 Å². The van der Waals surface area contributed by atoms with Gasteiger partial charge in [-0.1, -0.05) is 29.8 Å². The van der Waals surface area contributed by atoms with Crippen molar-refractivity contribution >= 4 is 47.4 Å². The van der Waals surface area contributed by atoms with Crippen molar-refractivity contribution in [2.75, 3.05) is 40.8 Å². The van der Waals surface area contributed by atoms with Crippen LogP contribution in [0.5, 0.6) is 5.75 Å². The van der Waals surface area contributed by atoms with Crippen molar-refractivity contribution in [2.24, 2.45) is 4.99 Å². The van der Waals surface area contributed by atoms with Crippen LogP contribution in [-0.2, 0) is 11.2 Å². The van der Waals surface area contributed by atoms with E-state index in [0.717, 1.165) is 23.3 Å². The topological polar surface area (TPSA) is 66.0 Å². The molecule has 0 aliphatic carbocycles. The molecule has 0 bridgehead atoms. The molecule has 0 fully saturated rings. The Morgan fingerprint density at radius 2 is 2.04 bits per heavy atom. The molecule has 0 heterocycles. The van der Waals surface area contributed by atoms with Gasteiger partial charge in [0.1, 0.15) is 12.3 Å². The van der Waals surface area contributed by atoms with Crippen molar-refractivity contribution in [1.82, 2.24) is 15.5 Å². The zero-order valence-electron chi connectivity index (χ0n) is 15.8. The molecular weight excluding hydrogens is 467 g/mol. The van der Waals surface area contributed by atoms with Gasteiger partial charge < -0.3 is 20.3 Å². The lowest BCUT2D eigenvalue weighted by Gasteiger charge is -2.14. The van der Waals surface area contributed by atoms with E-state index in [0.29, 0.717) is 24.1 Å². The minimum Gasteiger partial charge on any atom is -0.497 e. The Kier molecular flexibility index (Phi) is 12.1. The molecule has 6 nitrogen and oxygen atoms in total. The third-order valence-corrected chi connectivity index (χ3v) is 3.73. The molecular formula is C18H28ClIN4O2. The van der Waals surface area contributed by atoms with Crippen LogP contribution in [0.25, 0.3) is 0 Å². The summed E-state index contributed by atoms with van der Waals surface area (Å²) in [6, 6.07) is 5.61. The molecule has 0 aliphatic rings. The molecule has 2 N–H and O–H groups in total.